The molecule has 0 aliphatic heterocycles. The lowest BCUT2D eigenvalue weighted by Crippen LogP contribution is -2.22. The topological polar surface area (TPSA) is 83.0 Å². The van der Waals surface area contributed by atoms with Crippen molar-refractivity contribution in [3.63, 3.8) is 0 Å². The van der Waals surface area contributed by atoms with Crippen molar-refractivity contribution >= 4 is 16.3 Å². The van der Waals surface area contributed by atoms with Crippen LogP contribution in [-0.4, -0.2) is 19.3 Å². The monoisotopic (exact) mass is 364 g/mol. The number of aromatic nitrogens is 3. The predicted molar refractivity (Wildman–Crippen MR) is 99.1 cm³/mol. The van der Waals surface area contributed by atoms with Gasteiger partial charge < -0.3 is 0 Å². The molecule has 2 aromatic heterocycles. The Balaban J connectivity index is 1.97. The minimum absolute atomic E-state index is 0.00122. The fourth-order valence-corrected chi connectivity index (χ4v) is 3.42. The van der Waals surface area contributed by atoms with Crippen molar-refractivity contribution < 1.29 is 4.92 Å². The zero-order chi connectivity index (χ0) is 18.1. The molecule has 0 unspecified atom stereocenters. The fourth-order valence-electron chi connectivity index (χ4n) is 2.62. The van der Waals surface area contributed by atoms with Gasteiger partial charge in [-0.1, -0.05) is 47.7 Å². The van der Waals surface area contributed by atoms with Gasteiger partial charge in [-0.2, -0.15) is 4.68 Å². The van der Waals surface area contributed by atoms with Crippen LogP contribution in [-0.2, 0) is 0 Å². The molecule has 0 spiro atoms. The average Bonchev–Trinajstić information content (AvgIpc) is 3.28. The van der Waals surface area contributed by atoms with Crippen LogP contribution in [0.4, 0.5) is 5.00 Å². The largest absolute Gasteiger partial charge is 0.355 e. The summed E-state index contributed by atoms with van der Waals surface area (Å²) < 4.78 is 2.76. The van der Waals surface area contributed by atoms with Crippen LogP contribution in [0, 0.1) is 10.1 Å². The van der Waals surface area contributed by atoms with Gasteiger partial charge in [0.2, 0.25) is 0 Å². The van der Waals surface area contributed by atoms with Crippen LogP contribution in [0.5, 0.6) is 0 Å². The highest BCUT2D eigenvalue weighted by Crippen LogP contribution is 2.32. The number of hydrogen-bond acceptors (Lipinski definition) is 5. The van der Waals surface area contributed by atoms with Gasteiger partial charge in [0, 0.05) is 6.07 Å². The van der Waals surface area contributed by atoms with Crippen molar-refractivity contribution in [3.05, 3.63) is 93.4 Å². The third kappa shape index (κ3) is 2.72. The predicted octanol–water partition coefficient (Wildman–Crippen LogP) is 3.66. The highest BCUT2D eigenvalue weighted by molar-refractivity contribution is 7.18. The summed E-state index contributed by atoms with van der Waals surface area (Å²) in [5.41, 5.74) is 0.929. The number of rotatable bonds is 4. The highest BCUT2D eigenvalue weighted by atomic mass is 32.1. The zero-order valence-corrected chi connectivity index (χ0v) is 14.2. The molecule has 0 saturated heterocycles. The maximum absolute atomic E-state index is 13.0. The second-order valence-corrected chi connectivity index (χ2v) is 6.48. The first-order valence-corrected chi connectivity index (χ1v) is 8.54. The molecule has 2 heterocycles. The molecule has 2 aromatic carbocycles. The summed E-state index contributed by atoms with van der Waals surface area (Å²) >= 11 is 0.986. The van der Waals surface area contributed by atoms with Crippen LogP contribution in [0.25, 0.3) is 22.1 Å². The summed E-state index contributed by atoms with van der Waals surface area (Å²) in [4.78, 5) is 24.2. The van der Waals surface area contributed by atoms with Gasteiger partial charge in [-0.3, -0.25) is 10.1 Å². The molecular formula is C18H12N4O3S. The molecule has 0 aliphatic carbocycles. The zero-order valence-electron chi connectivity index (χ0n) is 13.4. The van der Waals surface area contributed by atoms with Crippen LogP contribution in [0.1, 0.15) is 0 Å². The molecule has 0 atom stereocenters. The minimum atomic E-state index is -0.451. The lowest BCUT2D eigenvalue weighted by molar-refractivity contribution is -0.380. The second kappa shape index (κ2) is 6.41. The van der Waals surface area contributed by atoms with E-state index in [0.29, 0.717) is 22.1 Å². The Kier molecular flexibility index (Phi) is 3.94. The van der Waals surface area contributed by atoms with E-state index in [4.69, 9.17) is 0 Å². The van der Waals surface area contributed by atoms with Crippen LogP contribution >= 0.6 is 11.3 Å². The number of thiophene rings is 1. The normalized spacial score (nSPS) is 10.8. The first-order valence-electron chi connectivity index (χ1n) is 7.72. The highest BCUT2D eigenvalue weighted by Gasteiger charge is 2.21. The fraction of sp³-hybridized carbons (Fsp3) is 0. The summed E-state index contributed by atoms with van der Waals surface area (Å²) in [5.74, 6) is 0.364. The maximum atomic E-state index is 13.0. The van der Waals surface area contributed by atoms with Gasteiger partial charge in [-0.15, -0.1) is 5.10 Å². The van der Waals surface area contributed by atoms with E-state index < -0.39 is 4.92 Å². The molecule has 0 aliphatic rings. The van der Waals surface area contributed by atoms with Gasteiger partial charge in [0.25, 0.3) is 0 Å². The summed E-state index contributed by atoms with van der Waals surface area (Å²) in [7, 11) is 0. The van der Waals surface area contributed by atoms with E-state index in [2.05, 4.69) is 5.10 Å². The van der Waals surface area contributed by atoms with Gasteiger partial charge in [0.05, 0.1) is 21.2 Å². The standard InChI is InChI=1S/C18H12N4O3S/c23-18-20(13-7-3-1-4-8-13)17(15-11-12-16(26-15)22(24)25)19-21(18)14-9-5-2-6-10-14/h1-12H. The number of para-hydroxylation sites is 2. The Morgan fingerprint density at radius 3 is 2.08 bits per heavy atom. The molecular weight excluding hydrogens is 352 g/mol. The Labute approximate surface area is 151 Å². The molecule has 0 saturated carbocycles. The molecule has 0 fully saturated rings. The van der Waals surface area contributed by atoms with Gasteiger partial charge in [-0.05, 0) is 30.3 Å². The van der Waals surface area contributed by atoms with E-state index in [-0.39, 0.29) is 10.7 Å². The van der Waals surface area contributed by atoms with Crippen molar-refractivity contribution in [3.8, 4) is 22.1 Å². The van der Waals surface area contributed by atoms with Crippen LogP contribution in [0.2, 0.25) is 0 Å². The number of hydrogen-bond donors (Lipinski definition) is 0. The van der Waals surface area contributed by atoms with Gasteiger partial charge in [-0.25, -0.2) is 9.36 Å². The average molecular weight is 364 g/mol. The number of nitrogens with zero attached hydrogens (tertiary/aromatic N) is 4. The Bertz CT molecular complexity index is 1130. The molecule has 0 N–H and O–H groups in total. The molecule has 0 amide bonds. The van der Waals surface area contributed by atoms with Crippen molar-refractivity contribution in [1.29, 1.82) is 0 Å². The van der Waals surface area contributed by atoms with Gasteiger partial charge >= 0.3 is 10.7 Å². The third-order valence-electron chi connectivity index (χ3n) is 3.79. The van der Waals surface area contributed by atoms with Crippen LogP contribution in [0.15, 0.2) is 77.6 Å². The molecule has 4 rings (SSSR count). The van der Waals surface area contributed by atoms with Crippen molar-refractivity contribution in [2.45, 2.75) is 0 Å². The van der Waals surface area contributed by atoms with Crippen molar-refractivity contribution in [2.24, 2.45) is 0 Å². The Morgan fingerprint density at radius 2 is 1.50 bits per heavy atom. The summed E-state index contributed by atoms with van der Waals surface area (Å²) in [6.07, 6.45) is 0. The summed E-state index contributed by atoms with van der Waals surface area (Å²) in [6, 6.07) is 21.2. The molecule has 4 aromatic rings. The Hall–Kier alpha value is -3.52. The quantitative estimate of drug-likeness (QED) is 0.409. The van der Waals surface area contributed by atoms with Crippen molar-refractivity contribution in [1.82, 2.24) is 14.3 Å². The van der Waals surface area contributed by atoms with E-state index in [1.807, 2.05) is 36.4 Å². The van der Waals surface area contributed by atoms with E-state index in [0.717, 1.165) is 11.3 Å². The summed E-state index contributed by atoms with van der Waals surface area (Å²) in [5, 5.41) is 15.5. The summed E-state index contributed by atoms with van der Waals surface area (Å²) in [6.45, 7) is 0. The van der Waals surface area contributed by atoms with E-state index in [1.165, 1.54) is 15.3 Å². The minimum Gasteiger partial charge on any atom is -0.258 e. The molecule has 0 bridgehead atoms. The van der Waals surface area contributed by atoms with E-state index in [1.54, 1.807) is 30.3 Å². The smallest absolute Gasteiger partial charge is 0.258 e. The second-order valence-electron chi connectivity index (χ2n) is 5.42. The lowest BCUT2D eigenvalue weighted by atomic mass is 10.3. The maximum Gasteiger partial charge on any atom is 0.355 e. The van der Waals surface area contributed by atoms with Gasteiger partial charge in [0.1, 0.15) is 0 Å². The van der Waals surface area contributed by atoms with Gasteiger partial charge in [0.15, 0.2) is 5.82 Å². The third-order valence-corrected chi connectivity index (χ3v) is 4.82. The number of benzene rings is 2. The van der Waals surface area contributed by atoms with E-state index >= 15 is 0 Å². The first kappa shape index (κ1) is 16.0. The molecule has 7 nitrogen and oxygen atoms in total. The molecule has 128 valence electrons. The van der Waals surface area contributed by atoms with Crippen molar-refractivity contribution in [2.75, 3.05) is 0 Å². The van der Waals surface area contributed by atoms with Crippen LogP contribution < -0.4 is 5.69 Å². The van der Waals surface area contributed by atoms with Crippen LogP contribution in [0.3, 0.4) is 0 Å². The Morgan fingerprint density at radius 1 is 0.885 bits per heavy atom. The first-order chi connectivity index (χ1) is 12.6. The molecule has 26 heavy (non-hydrogen) atoms. The van der Waals surface area contributed by atoms with E-state index in [9.17, 15) is 14.9 Å². The molecule has 8 heteroatoms. The number of nitro groups is 1. The molecule has 0 radical (unpaired) electrons. The lowest BCUT2D eigenvalue weighted by Gasteiger charge is -2.03. The SMILES string of the molecule is O=c1n(-c2ccccc2)nc(-c2ccc([N+](=O)[O-])s2)n1-c1ccccc1.